The molecule has 1 atom stereocenters. The highest BCUT2D eigenvalue weighted by Crippen LogP contribution is 2.19. The molecule has 2 amide bonds. The van der Waals surface area contributed by atoms with Crippen molar-refractivity contribution in [2.45, 2.75) is 26.2 Å². The molecule has 5 heteroatoms. The fraction of sp³-hybridized carbons (Fsp3) is 0.778. The molecule has 0 aromatic rings. The van der Waals surface area contributed by atoms with Crippen LogP contribution in [0.1, 0.15) is 26.2 Å². The lowest BCUT2D eigenvalue weighted by Gasteiger charge is -2.14. The zero-order valence-electron chi connectivity index (χ0n) is 8.45. The van der Waals surface area contributed by atoms with Crippen LogP contribution in [0, 0.1) is 5.92 Å². The minimum absolute atomic E-state index is 0.152. The number of nitrogens with one attached hydrogen (secondary N) is 1. The van der Waals surface area contributed by atoms with Gasteiger partial charge in [-0.25, -0.2) is 5.84 Å². The Morgan fingerprint density at radius 2 is 2.29 bits per heavy atom. The molecule has 80 valence electrons. The highest BCUT2D eigenvalue weighted by Gasteiger charge is 2.26. The number of nitrogens with two attached hydrogens (primary N) is 1. The van der Waals surface area contributed by atoms with Crippen LogP contribution in [0.4, 0.5) is 0 Å². The largest absolute Gasteiger partial charge is 0.342 e. The predicted octanol–water partition coefficient (Wildman–Crippen LogP) is -0.375. The molecule has 1 fully saturated rings. The maximum Gasteiger partial charge on any atom is 0.234 e. The van der Waals surface area contributed by atoms with Gasteiger partial charge in [0.25, 0.3) is 0 Å². The van der Waals surface area contributed by atoms with Gasteiger partial charge in [-0.15, -0.1) is 0 Å². The number of carbonyl (C=O) groups excluding carboxylic acids is 2. The molecule has 0 saturated carbocycles. The smallest absolute Gasteiger partial charge is 0.234 e. The van der Waals surface area contributed by atoms with E-state index in [0.29, 0.717) is 19.4 Å². The minimum Gasteiger partial charge on any atom is -0.342 e. The van der Waals surface area contributed by atoms with Crippen molar-refractivity contribution in [2.75, 3.05) is 13.1 Å². The number of nitrogens with zero attached hydrogens (tertiary/aromatic N) is 1. The van der Waals surface area contributed by atoms with Gasteiger partial charge in [-0.3, -0.25) is 15.0 Å². The van der Waals surface area contributed by atoms with E-state index in [-0.39, 0.29) is 17.7 Å². The number of rotatable bonds is 3. The first-order valence-corrected chi connectivity index (χ1v) is 4.94. The second-order valence-corrected chi connectivity index (χ2v) is 3.62. The Morgan fingerprint density at radius 3 is 2.86 bits per heavy atom. The van der Waals surface area contributed by atoms with Crippen molar-refractivity contribution in [1.29, 1.82) is 0 Å². The van der Waals surface area contributed by atoms with Crippen molar-refractivity contribution in [3.8, 4) is 0 Å². The number of amides is 2. The number of hydrazine groups is 1. The van der Waals surface area contributed by atoms with Crippen molar-refractivity contribution in [1.82, 2.24) is 10.3 Å². The van der Waals surface area contributed by atoms with Crippen LogP contribution in [-0.2, 0) is 9.59 Å². The molecule has 1 saturated heterocycles. The lowest BCUT2D eigenvalue weighted by atomic mass is 10.1. The minimum atomic E-state index is -0.152. The summed E-state index contributed by atoms with van der Waals surface area (Å²) in [5, 5.41) is 0. The third kappa shape index (κ3) is 2.70. The van der Waals surface area contributed by atoms with Gasteiger partial charge in [0.05, 0.1) is 0 Å². The Hall–Kier alpha value is -1.10. The van der Waals surface area contributed by atoms with Crippen LogP contribution in [-0.4, -0.2) is 29.8 Å². The molecule has 0 radical (unpaired) electrons. The number of hydrogen-bond donors (Lipinski definition) is 2. The number of likely N-dealkylation sites (tertiary alicyclic amines) is 1. The fourth-order valence-electron chi connectivity index (χ4n) is 1.77. The molecule has 1 unspecified atom stereocenters. The van der Waals surface area contributed by atoms with Crippen LogP contribution >= 0.6 is 0 Å². The molecular weight excluding hydrogens is 182 g/mol. The predicted molar refractivity (Wildman–Crippen MR) is 51.9 cm³/mol. The van der Waals surface area contributed by atoms with Crippen molar-refractivity contribution in [2.24, 2.45) is 11.8 Å². The van der Waals surface area contributed by atoms with E-state index in [4.69, 9.17) is 5.84 Å². The molecule has 14 heavy (non-hydrogen) atoms. The lowest BCUT2D eigenvalue weighted by molar-refractivity contribution is -0.130. The summed E-state index contributed by atoms with van der Waals surface area (Å²) >= 11 is 0. The van der Waals surface area contributed by atoms with E-state index >= 15 is 0 Å². The van der Waals surface area contributed by atoms with Gasteiger partial charge in [0.2, 0.25) is 11.8 Å². The molecule has 0 aromatic heterocycles. The maximum atomic E-state index is 11.3. The first-order chi connectivity index (χ1) is 6.67. The van der Waals surface area contributed by atoms with E-state index in [2.05, 4.69) is 5.43 Å². The van der Waals surface area contributed by atoms with Gasteiger partial charge in [-0.1, -0.05) is 6.92 Å². The van der Waals surface area contributed by atoms with Crippen LogP contribution in [0.3, 0.4) is 0 Å². The summed E-state index contributed by atoms with van der Waals surface area (Å²) in [6.07, 6.45) is 1.86. The lowest BCUT2D eigenvalue weighted by Crippen LogP contribution is -2.33. The van der Waals surface area contributed by atoms with Gasteiger partial charge >= 0.3 is 0 Å². The first-order valence-electron chi connectivity index (χ1n) is 4.94. The third-order valence-electron chi connectivity index (χ3n) is 2.58. The van der Waals surface area contributed by atoms with Crippen molar-refractivity contribution < 1.29 is 9.59 Å². The van der Waals surface area contributed by atoms with Crippen LogP contribution in [0.15, 0.2) is 0 Å². The van der Waals surface area contributed by atoms with Gasteiger partial charge in [-0.2, -0.15) is 0 Å². The Bertz CT molecular complexity index is 230. The molecule has 0 aromatic carbocycles. The van der Waals surface area contributed by atoms with E-state index in [1.54, 1.807) is 0 Å². The summed E-state index contributed by atoms with van der Waals surface area (Å²) in [4.78, 5) is 24.1. The van der Waals surface area contributed by atoms with Gasteiger partial charge in [0.1, 0.15) is 0 Å². The normalized spacial score (nSPS) is 21.0. The van der Waals surface area contributed by atoms with E-state index in [9.17, 15) is 9.59 Å². The highest BCUT2D eigenvalue weighted by atomic mass is 16.2. The molecule has 5 nitrogen and oxygen atoms in total. The average Bonchev–Trinajstić information content (AvgIpc) is 2.65. The zero-order chi connectivity index (χ0) is 10.6. The quantitative estimate of drug-likeness (QED) is 0.370. The number of hydrogen-bond acceptors (Lipinski definition) is 3. The third-order valence-corrected chi connectivity index (χ3v) is 2.58. The van der Waals surface area contributed by atoms with Crippen LogP contribution in [0.5, 0.6) is 0 Å². The maximum absolute atomic E-state index is 11.3. The van der Waals surface area contributed by atoms with Gasteiger partial charge in [0.15, 0.2) is 0 Å². The van der Waals surface area contributed by atoms with E-state index < -0.39 is 0 Å². The number of carbonyl (C=O) groups is 2. The molecule has 3 N–H and O–H groups in total. The molecular formula is C9H17N3O2. The summed E-state index contributed by atoms with van der Waals surface area (Å²) in [5.74, 6) is 5.28. The fourth-order valence-corrected chi connectivity index (χ4v) is 1.77. The van der Waals surface area contributed by atoms with E-state index in [1.807, 2.05) is 11.8 Å². The second kappa shape index (κ2) is 4.95. The topological polar surface area (TPSA) is 75.4 Å². The monoisotopic (exact) mass is 199 g/mol. The molecule has 0 bridgehead atoms. The SMILES string of the molecule is CCC(=O)N1CCC(CC(=O)NN)C1. The second-order valence-electron chi connectivity index (χ2n) is 3.62. The summed E-state index contributed by atoms with van der Waals surface area (Å²) in [6, 6.07) is 0. The summed E-state index contributed by atoms with van der Waals surface area (Å²) in [6.45, 7) is 3.32. The Balaban J connectivity index is 2.34. The van der Waals surface area contributed by atoms with Crippen molar-refractivity contribution in [3.05, 3.63) is 0 Å². The zero-order valence-corrected chi connectivity index (χ0v) is 8.45. The van der Waals surface area contributed by atoms with Gasteiger partial charge in [0, 0.05) is 25.9 Å². The van der Waals surface area contributed by atoms with Crippen LogP contribution < -0.4 is 11.3 Å². The molecule has 1 aliphatic rings. The van der Waals surface area contributed by atoms with E-state index in [0.717, 1.165) is 13.0 Å². The van der Waals surface area contributed by atoms with E-state index in [1.165, 1.54) is 0 Å². The average molecular weight is 199 g/mol. The Morgan fingerprint density at radius 1 is 1.57 bits per heavy atom. The molecule has 1 heterocycles. The standard InChI is InChI=1S/C9H17N3O2/c1-2-9(14)12-4-3-7(6-12)5-8(13)11-10/h7H,2-6,10H2,1H3,(H,11,13). The highest BCUT2D eigenvalue weighted by molar-refractivity contribution is 5.77. The summed E-state index contributed by atoms with van der Waals surface area (Å²) in [5.41, 5.74) is 2.11. The summed E-state index contributed by atoms with van der Waals surface area (Å²) < 4.78 is 0. The van der Waals surface area contributed by atoms with Crippen molar-refractivity contribution in [3.63, 3.8) is 0 Å². The molecule has 0 spiro atoms. The van der Waals surface area contributed by atoms with Gasteiger partial charge < -0.3 is 4.90 Å². The van der Waals surface area contributed by atoms with Crippen LogP contribution in [0.2, 0.25) is 0 Å². The molecule has 1 aliphatic heterocycles. The first kappa shape index (κ1) is 11.0. The molecule has 0 aliphatic carbocycles. The Labute approximate surface area is 83.6 Å². The Kier molecular flexibility index (Phi) is 3.88. The van der Waals surface area contributed by atoms with Gasteiger partial charge in [-0.05, 0) is 12.3 Å². The molecule has 1 rings (SSSR count). The summed E-state index contributed by atoms with van der Waals surface area (Å²) in [7, 11) is 0. The van der Waals surface area contributed by atoms with Crippen LogP contribution in [0.25, 0.3) is 0 Å². The van der Waals surface area contributed by atoms with Crippen molar-refractivity contribution >= 4 is 11.8 Å².